The van der Waals surface area contributed by atoms with E-state index in [1.165, 1.54) is 0 Å². The minimum Gasteiger partial charge on any atom is -0.396 e. The topological polar surface area (TPSA) is 40.5 Å². The van der Waals surface area contributed by atoms with Crippen molar-refractivity contribution < 1.29 is 10.2 Å². The molecule has 0 aromatic heterocycles. The van der Waals surface area contributed by atoms with Crippen molar-refractivity contribution in [2.45, 2.75) is 19.4 Å². The van der Waals surface area contributed by atoms with Gasteiger partial charge in [-0.05, 0) is 6.42 Å². The Labute approximate surface area is 55.8 Å². The van der Waals surface area contributed by atoms with E-state index in [0.717, 1.165) is 0 Å². The number of aliphatic hydroxyl groups excluding tert-OH is 2. The Morgan fingerprint density at radius 3 is 2.56 bits per heavy atom. The molecule has 2 atom stereocenters. The number of rotatable bonds is 4. The summed E-state index contributed by atoms with van der Waals surface area (Å²) in [4.78, 5) is 0. The predicted octanol–water partition coefficient (Wildman–Crippen LogP) is 0.552. The van der Waals surface area contributed by atoms with Gasteiger partial charge in [-0.25, -0.2) is 0 Å². The van der Waals surface area contributed by atoms with Crippen LogP contribution < -0.4 is 0 Å². The van der Waals surface area contributed by atoms with Crippen LogP contribution in [-0.4, -0.2) is 22.9 Å². The molecule has 0 fully saturated rings. The van der Waals surface area contributed by atoms with Crippen LogP contribution in [0.3, 0.4) is 0 Å². The molecule has 2 N–H and O–H groups in total. The number of hydrogen-bond acceptors (Lipinski definition) is 2. The zero-order valence-corrected chi connectivity index (χ0v) is 5.75. The van der Waals surface area contributed by atoms with E-state index < -0.39 is 6.10 Å². The fraction of sp³-hybridized carbons (Fsp3) is 0.714. The maximum atomic E-state index is 9.09. The monoisotopic (exact) mass is 130 g/mol. The maximum Gasteiger partial charge on any atom is 0.0621 e. The van der Waals surface area contributed by atoms with E-state index >= 15 is 0 Å². The Bertz CT molecular complexity index is 81.0. The standard InChI is InChI=1S/C7H14O2/c1-3-4-7(9)6(2)5-8/h3,6-9H,1,4-5H2,2H3/t6-,7-/m0/s1. The first kappa shape index (κ1) is 8.66. The third-order valence-electron chi connectivity index (χ3n) is 1.35. The van der Waals surface area contributed by atoms with Gasteiger partial charge in [-0.15, -0.1) is 6.58 Å². The van der Waals surface area contributed by atoms with Crippen LogP contribution >= 0.6 is 0 Å². The van der Waals surface area contributed by atoms with E-state index in [4.69, 9.17) is 10.2 Å². The zero-order chi connectivity index (χ0) is 7.28. The first-order valence-corrected chi connectivity index (χ1v) is 3.12. The minimum absolute atomic E-state index is 0.0367. The molecule has 0 aliphatic carbocycles. The van der Waals surface area contributed by atoms with Crippen molar-refractivity contribution >= 4 is 0 Å². The summed E-state index contributed by atoms with van der Waals surface area (Å²) in [6.45, 7) is 5.31. The Morgan fingerprint density at radius 2 is 2.22 bits per heavy atom. The van der Waals surface area contributed by atoms with Gasteiger partial charge in [0.05, 0.1) is 6.10 Å². The average Bonchev–Trinajstić information content (AvgIpc) is 1.87. The third kappa shape index (κ3) is 3.27. The molecule has 0 aromatic carbocycles. The average molecular weight is 130 g/mol. The summed E-state index contributed by atoms with van der Waals surface area (Å²) in [6, 6.07) is 0. The molecule has 0 aliphatic heterocycles. The molecule has 9 heavy (non-hydrogen) atoms. The lowest BCUT2D eigenvalue weighted by molar-refractivity contribution is 0.0795. The maximum absolute atomic E-state index is 9.09. The second kappa shape index (κ2) is 4.53. The van der Waals surface area contributed by atoms with Gasteiger partial charge in [0, 0.05) is 12.5 Å². The summed E-state index contributed by atoms with van der Waals surface area (Å²) in [7, 11) is 0. The van der Waals surface area contributed by atoms with Gasteiger partial charge in [-0.3, -0.25) is 0 Å². The SMILES string of the molecule is C=CC[C@H](O)[C@@H](C)CO. The third-order valence-corrected chi connectivity index (χ3v) is 1.35. The van der Waals surface area contributed by atoms with Crippen molar-refractivity contribution in [2.24, 2.45) is 5.92 Å². The fourth-order valence-corrected chi connectivity index (χ4v) is 0.525. The van der Waals surface area contributed by atoms with Crippen LogP contribution in [0.15, 0.2) is 12.7 Å². The van der Waals surface area contributed by atoms with E-state index in [9.17, 15) is 0 Å². The van der Waals surface area contributed by atoms with Crippen LogP contribution in [0.25, 0.3) is 0 Å². The molecule has 0 aliphatic rings. The van der Waals surface area contributed by atoms with Crippen LogP contribution in [0.2, 0.25) is 0 Å². The lowest BCUT2D eigenvalue weighted by atomic mass is 10.0. The van der Waals surface area contributed by atoms with Gasteiger partial charge in [0.25, 0.3) is 0 Å². The van der Waals surface area contributed by atoms with Crippen molar-refractivity contribution in [1.82, 2.24) is 0 Å². The Morgan fingerprint density at radius 1 is 1.67 bits per heavy atom. The normalized spacial score (nSPS) is 16.8. The van der Waals surface area contributed by atoms with Crippen molar-refractivity contribution in [2.75, 3.05) is 6.61 Å². The molecule has 0 amide bonds. The van der Waals surface area contributed by atoms with Crippen LogP contribution in [0, 0.1) is 5.92 Å². The molecule has 0 heterocycles. The van der Waals surface area contributed by atoms with E-state index in [-0.39, 0.29) is 12.5 Å². The largest absolute Gasteiger partial charge is 0.396 e. The first-order valence-electron chi connectivity index (χ1n) is 3.12. The highest BCUT2D eigenvalue weighted by Gasteiger charge is 2.09. The van der Waals surface area contributed by atoms with E-state index in [1.807, 2.05) is 0 Å². The first-order chi connectivity index (χ1) is 4.22. The Hall–Kier alpha value is -0.340. The van der Waals surface area contributed by atoms with Gasteiger partial charge in [0.15, 0.2) is 0 Å². The van der Waals surface area contributed by atoms with Crippen molar-refractivity contribution in [3.05, 3.63) is 12.7 Å². The van der Waals surface area contributed by atoms with E-state index in [1.54, 1.807) is 13.0 Å². The quantitative estimate of drug-likeness (QED) is 0.546. The second-order valence-electron chi connectivity index (χ2n) is 2.25. The number of hydrogen-bond donors (Lipinski definition) is 2. The Balaban J connectivity index is 3.44. The second-order valence-corrected chi connectivity index (χ2v) is 2.25. The van der Waals surface area contributed by atoms with Crippen molar-refractivity contribution in [3.8, 4) is 0 Å². The van der Waals surface area contributed by atoms with Gasteiger partial charge < -0.3 is 10.2 Å². The molecule has 0 bridgehead atoms. The summed E-state index contributed by atoms with van der Waals surface area (Å²) in [5.74, 6) is -0.0389. The molecule has 0 unspecified atom stereocenters. The van der Waals surface area contributed by atoms with Crippen LogP contribution in [0.5, 0.6) is 0 Å². The highest BCUT2D eigenvalue weighted by Crippen LogP contribution is 2.05. The molecular weight excluding hydrogens is 116 g/mol. The zero-order valence-electron chi connectivity index (χ0n) is 5.75. The highest BCUT2D eigenvalue weighted by atomic mass is 16.3. The van der Waals surface area contributed by atoms with Crippen LogP contribution in [0.1, 0.15) is 13.3 Å². The van der Waals surface area contributed by atoms with Gasteiger partial charge in [-0.1, -0.05) is 13.0 Å². The molecule has 0 aromatic rings. The molecular formula is C7H14O2. The van der Waals surface area contributed by atoms with Crippen LogP contribution in [0.4, 0.5) is 0 Å². The molecule has 0 spiro atoms. The molecule has 54 valence electrons. The van der Waals surface area contributed by atoms with Gasteiger partial charge in [0.2, 0.25) is 0 Å². The fourth-order valence-electron chi connectivity index (χ4n) is 0.525. The van der Waals surface area contributed by atoms with Crippen LogP contribution in [-0.2, 0) is 0 Å². The highest BCUT2D eigenvalue weighted by molar-refractivity contribution is 4.75. The molecule has 0 rings (SSSR count). The van der Waals surface area contributed by atoms with E-state index in [0.29, 0.717) is 6.42 Å². The Kier molecular flexibility index (Phi) is 4.36. The number of aliphatic hydroxyl groups is 2. The molecule has 0 saturated carbocycles. The molecule has 0 radical (unpaired) electrons. The summed E-state index contributed by atoms with van der Waals surface area (Å²) in [6.07, 6.45) is 1.77. The summed E-state index contributed by atoms with van der Waals surface area (Å²) in [5.41, 5.74) is 0. The smallest absolute Gasteiger partial charge is 0.0621 e. The lowest BCUT2D eigenvalue weighted by Gasteiger charge is -2.13. The summed E-state index contributed by atoms with van der Waals surface area (Å²) >= 11 is 0. The molecule has 2 nitrogen and oxygen atoms in total. The van der Waals surface area contributed by atoms with Crippen molar-refractivity contribution in [3.63, 3.8) is 0 Å². The molecule has 0 saturated heterocycles. The van der Waals surface area contributed by atoms with Gasteiger partial charge in [-0.2, -0.15) is 0 Å². The minimum atomic E-state index is -0.438. The summed E-state index contributed by atoms with van der Waals surface area (Å²) < 4.78 is 0. The molecule has 2 heteroatoms. The summed E-state index contributed by atoms with van der Waals surface area (Å²) in [5, 5.41) is 17.6. The van der Waals surface area contributed by atoms with Crippen molar-refractivity contribution in [1.29, 1.82) is 0 Å². The van der Waals surface area contributed by atoms with E-state index in [2.05, 4.69) is 6.58 Å². The van der Waals surface area contributed by atoms with Gasteiger partial charge in [0.1, 0.15) is 0 Å². The van der Waals surface area contributed by atoms with Gasteiger partial charge >= 0.3 is 0 Å². The predicted molar refractivity (Wildman–Crippen MR) is 37.1 cm³/mol. The lowest BCUT2D eigenvalue weighted by Crippen LogP contribution is -2.19.